The number of para-hydroxylation sites is 1. The van der Waals surface area contributed by atoms with Gasteiger partial charge >= 0.3 is 0 Å². The topological polar surface area (TPSA) is 82.6 Å². The maximum absolute atomic E-state index is 14.0. The van der Waals surface area contributed by atoms with Crippen LogP contribution in [0.15, 0.2) is 83.9 Å². The summed E-state index contributed by atoms with van der Waals surface area (Å²) in [5.74, 6) is -0.329. The Morgan fingerprint density at radius 3 is 2.49 bits per heavy atom. The van der Waals surface area contributed by atoms with Gasteiger partial charge in [0, 0.05) is 55.4 Å². The highest BCUT2D eigenvalue weighted by atomic mass is 32.2. The van der Waals surface area contributed by atoms with Gasteiger partial charge in [0.05, 0.1) is 11.2 Å². The third-order valence-electron chi connectivity index (χ3n) is 6.61. The van der Waals surface area contributed by atoms with E-state index in [1.807, 2.05) is 18.2 Å². The second kappa shape index (κ2) is 10.3. The van der Waals surface area contributed by atoms with Crippen LogP contribution in [0.5, 0.6) is 0 Å². The van der Waals surface area contributed by atoms with Gasteiger partial charge < -0.3 is 4.90 Å². The van der Waals surface area contributed by atoms with E-state index in [1.54, 1.807) is 60.5 Å². The van der Waals surface area contributed by atoms with E-state index in [1.165, 1.54) is 12.1 Å². The number of carbonyl (C=O) groups excluding carboxylic acids is 1. The van der Waals surface area contributed by atoms with Crippen LogP contribution in [0.25, 0.3) is 10.9 Å². The maximum Gasteiger partial charge on any atom is 0.264 e. The van der Waals surface area contributed by atoms with Crippen molar-refractivity contribution in [3.63, 3.8) is 0 Å². The molecule has 0 saturated carbocycles. The van der Waals surface area contributed by atoms with Crippen molar-refractivity contribution in [2.45, 2.75) is 18.4 Å². The highest BCUT2D eigenvalue weighted by molar-refractivity contribution is 7.93. The Morgan fingerprint density at radius 2 is 1.73 bits per heavy atom. The van der Waals surface area contributed by atoms with Crippen LogP contribution >= 0.6 is 0 Å². The molecule has 1 fully saturated rings. The van der Waals surface area contributed by atoms with Crippen LogP contribution in [0.3, 0.4) is 0 Å². The third kappa shape index (κ3) is 5.33. The molecule has 0 radical (unpaired) electrons. The number of nitrogens with zero attached hydrogens (tertiary/aromatic N) is 3. The largest absolute Gasteiger partial charge is 0.336 e. The molecule has 0 unspecified atom stereocenters. The summed E-state index contributed by atoms with van der Waals surface area (Å²) in [5, 5.41) is 0.733. The number of halogens is 1. The summed E-state index contributed by atoms with van der Waals surface area (Å²) in [6.45, 7) is 4.65. The van der Waals surface area contributed by atoms with Crippen LogP contribution in [0.2, 0.25) is 0 Å². The monoisotopic (exact) mass is 518 g/mol. The van der Waals surface area contributed by atoms with Gasteiger partial charge in [-0.2, -0.15) is 0 Å². The molecule has 9 heteroatoms. The summed E-state index contributed by atoms with van der Waals surface area (Å²) in [7, 11) is -3.89. The molecule has 1 saturated heterocycles. The Bertz CT molecular complexity index is 1560. The van der Waals surface area contributed by atoms with Gasteiger partial charge in [0.15, 0.2) is 0 Å². The average Bonchev–Trinajstić information content (AvgIpc) is 2.91. The van der Waals surface area contributed by atoms with Crippen LogP contribution < -0.4 is 4.72 Å². The molecule has 2 heterocycles. The quantitative estimate of drug-likeness (QED) is 0.408. The number of hydrogen-bond donors (Lipinski definition) is 1. The van der Waals surface area contributed by atoms with Gasteiger partial charge in [-0.3, -0.25) is 19.4 Å². The number of rotatable bonds is 6. The molecule has 1 N–H and O–H groups in total. The third-order valence-corrected chi connectivity index (χ3v) is 8.01. The van der Waals surface area contributed by atoms with E-state index in [0.29, 0.717) is 60.6 Å². The van der Waals surface area contributed by atoms with Crippen molar-refractivity contribution in [2.75, 3.05) is 30.9 Å². The Hall–Kier alpha value is -3.82. The molecule has 0 atom stereocenters. The highest BCUT2D eigenvalue weighted by Gasteiger charge is 2.24. The van der Waals surface area contributed by atoms with E-state index < -0.39 is 10.0 Å². The second-order valence-electron chi connectivity index (χ2n) is 9.13. The normalized spacial score (nSPS) is 14.6. The van der Waals surface area contributed by atoms with Gasteiger partial charge in [0.25, 0.3) is 15.9 Å². The number of sulfonamides is 1. The van der Waals surface area contributed by atoms with Gasteiger partial charge in [0.1, 0.15) is 10.7 Å². The zero-order valence-electron chi connectivity index (χ0n) is 20.4. The Balaban J connectivity index is 1.26. The predicted molar refractivity (Wildman–Crippen MR) is 141 cm³/mol. The summed E-state index contributed by atoms with van der Waals surface area (Å²) < 4.78 is 42.9. The molecule has 1 aliphatic heterocycles. The first-order valence-electron chi connectivity index (χ1n) is 12.0. The van der Waals surface area contributed by atoms with Crippen LogP contribution in [-0.4, -0.2) is 55.3 Å². The molecule has 1 aromatic heterocycles. The fourth-order valence-electron chi connectivity index (χ4n) is 4.56. The lowest BCUT2D eigenvalue weighted by Gasteiger charge is -2.35. The van der Waals surface area contributed by atoms with Gasteiger partial charge in [-0.15, -0.1) is 0 Å². The summed E-state index contributed by atoms with van der Waals surface area (Å²) in [5.41, 5.74) is 2.58. The van der Waals surface area contributed by atoms with E-state index in [9.17, 15) is 17.6 Å². The lowest BCUT2D eigenvalue weighted by atomic mass is 10.1. The Morgan fingerprint density at radius 1 is 0.973 bits per heavy atom. The number of anilines is 1. The van der Waals surface area contributed by atoms with E-state index >= 15 is 0 Å². The van der Waals surface area contributed by atoms with Crippen molar-refractivity contribution in [1.29, 1.82) is 0 Å². The minimum atomic E-state index is -3.89. The first kappa shape index (κ1) is 24.9. The number of hydrogen-bond acceptors (Lipinski definition) is 5. The van der Waals surface area contributed by atoms with Gasteiger partial charge in [-0.1, -0.05) is 36.4 Å². The first-order valence-corrected chi connectivity index (χ1v) is 13.5. The smallest absolute Gasteiger partial charge is 0.264 e. The van der Waals surface area contributed by atoms with Crippen molar-refractivity contribution in [1.82, 2.24) is 14.8 Å². The molecule has 0 aliphatic carbocycles. The molecule has 190 valence electrons. The second-order valence-corrected chi connectivity index (χ2v) is 10.8. The summed E-state index contributed by atoms with van der Waals surface area (Å²) in [6, 6.07) is 20.3. The van der Waals surface area contributed by atoms with Crippen LogP contribution in [-0.2, 0) is 16.6 Å². The van der Waals surface area contributed by atoms with Crippen LogP contribution in [0, 0.1) is 12.7 Å². The Kier molecular flexibility index (Phi) is 6.90. The standard InChI is InChI=1S/C28H27FN4O3S/c1-20-18-22(28(34)33-16-14-32(15-17-33)19-23-6-2-3-9-24(23)29)11-12-25(20)31-37(35,36)26-10-4-7-21-8-5-13-30-27(21)26/h2-13,18,31H,14-17,19H2,1H3. The minimum Gasteiger partial charge on any atom is -0.336 e. The first-order chi connectivity index (χ1) is 17.8. The molecular formula is C28H27FN4O3S. The number of pyridine rings is 1. The summed E-state index contributed by atoms with van der Waals surface area (Å²) in [4.78, 5) is 21.4. The minimum absolute atomic E-state index is 0.0957. The van der Waals surface area contributed by atoms with Gasteiger partial charge in [-0.25, -0.2) is 12.8 Å². The molecule has 7 nitrogen and oxygen atoms in total. The lowest BCUT2D eigenvalue weighted by Crippen LogP contribution is -2.48. The molecule has 0 spiro atoms. The maximum atomic E-state index is 14.0. The van der Waals surface area contributed by atoms with Crippen molar-refractivity contribution in [2.24, 2.45) is 0 Å². The van der Waals surface area contributed by atoms with Crippen LogP contribution in [0.1, 0.15) is 21.5 Å². The predicted octanol–water partition coefficient (Wildman–Crippen LogP) is 4.44. The average molecular weight is 519 g/mol. The number of nitrogens with one attached hydrogen (secondary N) is 1. The summed E-state index contributed by atoms with van der Waals surface area (Å²) >= 11 is 0. The number of fused-ring (bicyclic) bond motifs is 1. The van der Waals surface area contributed by atoms with E-state index in [0.717, 1.165) is 5.39 Å². The number of carbonyl (C=O) groups is 1. The molecule has 1 amide bonds. The summed E-state index contributed by atoms with van der Waals surface area (Å²) in [6.07, 6.45) is 1.56. The lowest BCUT2D eigenvalue weighted by molar-refractivity contribution is 0.0627. The van der Waals surface area contributed by atoms with E-state index in [4.69, 9.17) is 0 Å². The van der Waals surface area contributed by atoms with E-state index in [-0.39, 0.29) is 16.6 Å². The number of benzene rings is 3. The zero-order chi connectivity index (χ0) is 26.0. The zero-order valence-corrected chi connectivity index (χ0v) is 21.2. The van der Waals surface area contributed by atoms with Crippen LogP contribution in [0.4, 0.5) is 10.1 Å². The van der Waals surface area contributed by atoms with E-state index in [2.05, 4.69) is 14.6 Å². The molecule has 3 aromatic carbocycles. The van der Waals surface area contributed by atoms with Gasteiger partial charge in [-0.05, 0) is 48.9 Å². The van der Waals surface area contributed by atoms with Crippen molar-refractivity contribution >= 4 is 32.5 Å². The molecule has 5 rings (SSSR count). The molecule has 4 aromatic rings. The van der Waals surface area contributed by atoms with Crippen molar-refractivity contribution in [3.8, 4) is 0 Å². The molecule has 37 heavy (non-hydrogen) atoms. The number of amides is 1. The number of aryl methyl sites for hydroxylation is 1. The van der Waals surface area contributed by atoms with Gasteiger partial charge in [0.2, 0.25) is 0 Å². The molecular weight excluding hydrogens is 491 g/mol. The fourth-order valence-corrected chi connectivity index (χ4v) is 5.87. The Labute approximate surface area is 215 Å². The number of aromatic nitrogens is 1. The molecule has 0 bridgehead atoms. The number of piperazine rings is 1. The fraction of sp³-hybridized carbons (Fsp3) is 0.214. The SMILES string of the molecule is Cc1cc(C(=O)N2CCN(Cc3ccccc3F)CC2)ccc1NS(=O)(=O)c1cccc2cccnc12. The van der Waals surface area contributed by atoms with Crippen molar-refractivity contribution in [3.05, 3.63) is 102 Å². The van der Waals surface area contributed by atoms with Crippen molar-refractivity contribution < 1.29 is 17.6 Å². The molecule has 1 aliphatic rings. The highest BCUT2D eigenvalue weighted by Crippen LogP contribution is 2.26.